The molecule has 0 spiro atoms. The molecule has 4 amide bonds. The lowest BCUT2D eigenvalue weighted by atomic mass is 10.2. The molecule has 0 aliphatic carbocycles. The average Bonchev–Trinajstić information content (AvgIpc) is 2.25. The Morgan fingerprint density at radius 3 is 2.00 bits per heavy atom. The number of carbonyl (C=O) groups excluding carboxylic acids is 4. The zero-order chi connectivity index (χ0) is 14.9. The zero-order valence-corrected chi connectivity index (χ0v) is 11.0. The van der Waals surface area contributed by atoms with Gasteiger partial charge in [-0.05, 0) is 6.92 Å². The second kappa shape index (κ2) is 5.27. The number of quaternary nitrogens is 1. The van der Waals surface area contributed by atoms with Crippen molar-refractivity contribution >= 4 is 23.6 Å². The molecule has 2 N–H and O–H groups in total. The third-order valence-electron chi connectivity index (χ3n) is 3.44. The Hall–Kier alpha value is -1.84. The van der Waals surface area contributed by atoms with E-state index in [0.29, 0.717) is 0 Å². The number of hydroxylamine groups is 3. The molecule has 0 bridgehead atoms. The van der Waals surface area contributed by atoms with Crippen LogP contribution < -0.4 is 10.6 Å². The SMILES string of the molecule is C[C@@H](CN1CC(=O)NC(=O)C1)[N+]1([O-])CC(=O)NC(=O)C1. The Bertz CT molecular complexity index is 445. The van der Waals surface area contributed by atoms with E-state index in [9.17, 15) is 24.4 Å². The highest BCUT2D eigenvalue weighted by atomic mass is 16.6. The molecule has 1 atom stereocenters. The maximum Gasteiger partial charge on any atom is 0.282 e. The second-order valence-electron chi connectivity index (χ2n) is 5.23. The molecule has 0 unspecified atom stereocenters. The highest BCUT2D eigenvalue weighted by molar-refractivity contribution is 5.99. The molecular formula is C11H16N4O5. The van der Waals surface area contributed by atoms with Crippen LogP contribution in [0.2, 0.25) is 0 Å². The lowest BCUT2D eigenvalue weighted by molar-refractivity contribution is -0.889. The van der Waals surface area contributed by atoms with Crippen LogP contribution in [-0.2, 0) is 19.2 Å². The van der Waals surface area contributed by atoms with Gasteiger partial charge in [0.05, 0.1) is 25.7 Å². The highest BCUT2D eigenvalue weighted by Crippen LogP contribution is 2.16. The van der Waals surface area contributed by atoms with Gasteiger partial charge in [-0.1, -0.05) is 0 Å². The van der Waals surface area contributed by atoms with Gasteiger partial charge in [0.15, 0.2) is 13.1 Å². The van der Waals surface area contributed by atoms with E-state index >= 15 is 0 Å². The molecule has 20 heavy (non-hydrogen) atoms. The molecule has 2 fully saturated rings. The summed E-state index contributed by atoms with van der Waals surface area (Å²) in [5.41, 5.74) is 0. The Morgan fingerprint density at radius 1 is 1.05 bits per heavy atom. The predicted molar refractivity (Wildman–Crippen MR) is 65.6 cm³/mol. The van der Waals surface area contributed by atoms with Gasteiger partial charge < -0.3 is 9.85 Å². The number of piperazine rings is 2. The predicted octanol–water partition coefficient (Wildman–Crippen LogP) is -2.70. The summed E-state index contributed by atoms with van der Waals surface area (Å²) >= 11 is 0. The summed E-state index contributed by atoms with van der Waals surface area (Å²) in [7, 11) is 0. The first kappa shape index (κ1) is 14.6. The average molecular weight is 284 g/mol. The molecule has 2 saturated heterocycles. The molecular weight excluding hydrogens is 268 g/mol. The summed E-state index contributed by atoms with van der Waals surface area (Å²) in [5, 5.41) is 16.8. The van der Waals surface area contributed by atoms with E-state index in [1.54, 1.807) is 11.8 Å². The van der Waals surface area contributed by atoms with Crippen molar-refractivity contribution in [2.24, 2.45) is 0 Å². The Kier molecular flexibility index (Phi) is 3.84. The van der Waals surface area contributed by atoms with Gasteiger partial charge in [0.25, 0.3) is 11.8 Å². The number of carbonyl (C=O) groups is 4. The van der Waals surface area contributed by atoms with E-state index in [1.807, 2.05) is 0 Å². The fraction of sp³-hybridized carbons (Fsp3) is 0.636. The lowest BCUT2D eigenvalue weighted by Gasteiger charge is -2.49. The summed E-state index contributed by atoms with van der Waals surface area (Å²) < 4.78 is -0.961. The highest BCUT2D eigenvalue weighted by Gasteiger charge is 2.37. The van der Waals surface area contributed by atoms with Crippen molar-refractivity contribution < 1.29 is 23.8 Å². The molecule has 0 aromatic carbocycles. The van der Waals surface area contributed by atoms with Crippen LogP contribution in [0.25, 0.3) is 0 Å². The molecule has 2 aliphatic heterocycles. The maximum absolute atomic E-state index is 12.5. The van der Waals surface area contributed by atoms with Crippen LogP contribution >= 0.6 is 0 Å². The van der Waals surface area contributed by atoms with Gasteiger partial charge in [-0.2, -0.15) is 0 Å². The molecule has 0 aromatic rings. The molecule has 0 aromatic heterocycles. The van der Waals surface area contributed by atoms with Gasteiger partial charge in [0.1, 0.15) is 0 Å². The van der Waals surface area contributed by atoms with Crippen LogP contribution in [0.1, 0.15) is 6.92 Å². The molecule has 2 rings (SSSR count). The second-order valence-corrected chi connectivity index (χ2v) is 5.23. The first-order valence-electron chi connectivity index (χ1n) is 6.24. The van der Waals surface area contributed by atoms with Crippen molar-refractivity contribution in [2.75, 3.05) is 32.7 Å². The number of nitrogens with one attached hydrogen (secondary N) is 2. The van der Waals surface area contributed by atoms with Crippen LogP contribution in [0.3, 0.4) is 0 Å². The minimum atomic E-state index is -0.961. The third-order valence-corrected chi connectivity index (χ3v) is 3.44. The smallest absolute Gasteiger partial charge is 0.282 e. The van der Waals surface area contributed by atoms with Crippen molar-refractivity contribution in [3.63, 3.8) is 0 Å². The van der Waals surface area contributed by atoms with Crippen LogP contribution in [-0.4, -0.2) is 71.9 Å². The summed E-state index contributed by atoms with van der Waals surface area (Å²) in [5.74, 6) is -2.04. The monoisotopic (exact) mass is 284 g/mol. The molecule has 0 radical (unpaired) electrons. The van der Waals surface area contributed by atoms with E-state index in [0.717, 1.165) is 0 Å². The first-order chi connectivity index (χ1) is 9.28. The van der Waals surface area contributed by atoms with Gasteiger partial charge in [-0.25, -0.2) is 0 Å². The molecule has 0 saturated carbocycles. The van der Waals surface area contributed by atoms with Gasteiger partial charge in [-0.3, -0.25) is 34.7 Å². The maximum atomic E-state index is 12.5. The Morgan fingerprint density at radius 2 is 1.50 bits per heavy atom. The zero-order valence-electron chi connectivity index (χ0n) is 11.0. The normalized spacial score (nSPS) is 25.1. The summed E-state index contributed by atoms with van der Waals surface area (Å²) in [6.07, 6.45) is 0. The minimum absolute atomic E-state index is 0.0240. The quantitative estimate of drug-likeness (QED) is 0.331. The number of hydrogen-bond donors (Lipinski definition) is 2. The summed E-state index contributed by atoms with van der Waals surface area (Å²) in [6, 6.07) is -0.594. The van der Waals surface area contributed by atoms with Crippen LogP contribution in [0.4, 0.5) is 0 Å². The fourth-order valence-electron chi connectivity index (χ4n) is 2.44. The van der Waals surface area contributed by atoms with Crippen molar-refractivity contribution in [3.05, 3.63) is 5.21 Å². The summed E-state index contributed by atoms with van der Waals surface area (Å²) in [6.45, 7) is 1.16. The van der Waals surface area contributed by atoms with E-state index in [4.69, 9.17) is 0 Å². The van der Waals surface area contributed by atoms with Crippen LogP contribution in [0.5, 0.6) is 0 Å². The summed E-state index contributed by atoms with van der Waals surface area (Å²) in [4.78, 5) is 46.7. The topological polar surface area (TPSA) is 119 Å². The van der Waals surface area contributed by atoms with E-state index in [-0.39, 0.29) is 32.7 Å². The number of nitrogens with zero attached hydrogens (tertiary/aromatic N) is 2. The van der Waals surface area contributed by atoms with Gasteiger partial charge in [0, 0.05) is 0 Å². The number of amides is 4. The third kappa shape index (κ3) is 3.18. The van der Waals surface area contributed by atoms with Crippen molar-refractivity contribution in [3.8, 4) is 0 Å². The number of hydrogen-bond acceptors (Lipinski definition) is 6. The van der Waals surface area contributed by atoms with Gasteiger partial charge in [0.2, 0.25) is 11.8 Å². The van der Waals surface area contributed by atoms with Crippen molar-refractivity contribution in [1.82, 2.24) is 15.5 Å². The molecule has 9 heteroatoms. The van der Waals surface area contributed by atoms with Crippen molar-refractivity contribution in [2.45, 2.75) is 13.0 Å². The molecule has 2 aliphatic rings. The largest absolute Gasteiger partial charge is 0.632 e. The fourth-order valence-corrected chi connectivity index (χ4v) is 2.44. The van der Waals surface area contributed by atoms with Crippen LogP contribution in [0, 0.1) is 5.21 Å². The molecule has 110 valence electrons. The van der Waals surface area contributed by atoms with Gasteiger partial charge in [-0.15, -0.1) is 0 Å². The lowest BCUT2D eigenvalue weighted by Crippen LogP contribution is -2.66. The van der Waals surface area contributed by atoms with E-state index in [1.165, 1.54) is 0 Å². The number of rotatable bonds is 3. The first-order valence-corrected chi connectivity index (χ1v) is 6.24. The van der Waals surface area contributed by atoms with E-state index < -0.39 is 34.3 Å². The molecule has 9 nitrogen and oxygen atoms in total. The number of imide groups is 2. The van der Waals surface area contributed by atoms with Crippen molar-refractivity contribution in [1.29, 1.82) is 0 Å². The standard InChI is InChI=1S/C11H16N4O5/c1-7(2-14-3-8(16)12-9(17)4-14)15(20)5-10(18)13-11(19)6-15/h7H,2-6H2,1H3,(H,12,16,17)(H,13,18,19)/t7-/m0/s1. The minimum Gasteiger partial charge on any atom is -0.632 e. The van der Waals surface area contributed by atoms with E-state index in [2.05, 4.69) is 10.6 Å². The Labute approximate surface area is 115 Å². The molecule has 2 heterocycles. The van der Waals surface area contributed by atoms with Crippen LogP contribution in [0.15, 0.2) is 0 Å². The Balaban J connectivity index is 2.01. The van der Waals surface area contributed by atoms with Gasteiger partial charge >= 0.3 is 0 Å².